The number of amides is 1. The Kier molecular flexibility index (Phi) is 2.64. The van der Waals surface area contributed by atoms with Crippen molar-refractivity contribution >= 4 is 34.9 Å². The number of fused-ring (bicyclic) bond motifs is 1. The number of ketones is 1. The third kappa shape index (κ3) is 1.74. The Morgan fingerprint density at radius 1 is 1.26 bits per heavy atom. The molecule has 0 aliphatic carbocycles. The molecular formula is C13H9ClN2O3. The first-order chi connectivity index (χ1) is 9.09. The molecule has 3 rings (SSSR count). The molecule has 1 aromatic carbocycles. The van der Waals surface area contributed by atoms with Gasteiger partial charge in [0.05, 0.1) is 6.54 Å². The van der Waals surface area contributed by atoms with E-state index >= 15 is 0 Å². The topological polar surface area (TPSA) is 70.0 Å². The summed E-state index contributed by atoms with van der Waals surface area (Å²) in [7, 11) is 0. The number of halogens is 1. The van der Waals surface area contributed by atoms with Crippen LogP contribution in [0.1, 0.15) is 5.56 Å². The van der Waals surface area contributed by atoms with Crippen LogP contribution in [-0.2, 0) is 9.59 Å². The first-order valence-electron chi connectivity index (χ1n) is 5.70. The largest absolute Gasteiger partial charge is 0.506 e. The third-order valence-electron chi connectivity index (χ3n) is 3.09. The van der Waals surface area contributed by atoms with Crippen LogP contribution < -0.4 is 0 Å². The summed E-state index contributed by atoms with van der Waals surface area (Å²) in [4.78, 5) is 29.0. The monoisotopic (exact) mass is 276 g/mol. The highest BCUT2D eigenvalue weighted by atomic mass is 35.5. The quantitative estimate of drug-likeness (QED) is 0.479. The summed E-state index contributed by atoms with van der Waals surface area (Å²) in [5.74, 6) is -1.32. The second-order valence-electron chi connectivity index (χ2n) is 4.22. The number of nitrogens with zero attached hydrogens (tertiary/aromatic N) is 2. The molecule has 19 heavy (non-hydrogen) atoms. The average molecular weight is 277 g/mol. The van der Waals surface area contributed by atoms with Crippen LogP contribution in [0.15, 0.2) is 34.8 Å². The number of aliphatic hydroxyl groups is 1. The maximum Gasteiger partial charge on any atom is 0.300 e. The first-order valence-corrected chi connectivity index (χ1v) is 6.07. The van der Waals surface area contributed by atoms with E-state index in [0.29, 0.717) is 23.7 Å². The molecule has 1 N–H and O–H groups in total. The molecule has 0 spiro atoms. The van der Waals surface area contributed by atoms with Gasteiger partial charge in [0.2, 0.25) is 0 Å². The van der Waals surface area contributed by atoms with E-state index in [9.17, 15) is 14.7 Å². The van der Waals surface area contributed by atoms with Crippen molar-refractivity contribution in [1.82, 2.24) is 4.90 Å². The van der Waals surface area contributed by atoms with Crippen molar-refractivity contribution in [2.75, 3.05) is 13.1 Å². The Morgan fingerprint density at radius 3 is 2.63 bits per heavy atom. The number of aliphatic hydroxyl groups excluding tert-OH is 1. The van der Waals surface area contributed by atoms with Crippen LogP contribution >= 0.6 is 11.6 Å². The number of carbonyl (C=O) groups is 2. The van der Waals surface area contributed by atoms with Crippen molar-refractivity contribution in [1.29, 1.82) is 0 Å². The standard InChI is InChI=1S/C13H9ClN2O3/c14-8-3-1-7(2-4-8)10(17)9-11(18)13(19)16-6-5-15-12(9)16/h1-4,17H,5-6H2/b10-9+. The number of amidine groups is 1. The lowest BCUT2D eigenvalue weighted by molar-refractivity contribution is -0.138. The van der Waals surface area contributed by atoms with Gasteiger partial charge in [-0.25, -0.2) is 0 Å². The van der Waals surface area contributed by atoms with Gasteiger partial charge < -0.3 is 5.11 Å². The Labute approximate surface area is 113 Å². The van der Waals surface area contributed by atoms with E-state index in [2.05, 4.69) is 4.99 Å². The molecule has 1 saturated heterocycles. The fraction of sp³-hybridized carbons (Fsp3) is 0.154. The molecule has 1 amide bonds. The van der Waals surface area contributed by atoms with Crippen molar-refractivity contribution in [2.45, 2.75) is 0 Å². The van der Waals surface area contributed by atoms with Crippen molar-refractivity contribution in [3.8, 4) is 0 Å². The molecule has 2 aliphatic heterocycles. The minimum absolute atomic E-state index is 0.0233. The number of benzene rings is 1. The van der Waals surface area contributed by atoms with E-state index in [0.717, 1.165) is 0 Å². The number of hydrogen-bond donors (Lipinski definition) is 1. The van der Waals surface area contributed by atoms with Crippen LogP contribution in [-0.4, -0.2) is 40.6 Å². The van der Waals surface area contributed by atoms with Crippen molar-refractivity contribution < 1.29 is 14.7 Å². The van der Waals surface area contributed by atoms with Crippen LogP contribution in [0, 0.1) is 0 Å². The van der Waals surface area contributed by atoms with Gasteiger partial charge in [0.15, 0.2) is 0 Å². The number of aliphatic imine (C=N–C) groups is 1. The SMILES string of the molecule is O=C1C(=O)N2CCN=C2/C1=C(/O)c1ccc(Cl)cc1. The Morgan fingerprint density at radius 2 is 1.95 bits per heavy atom. The van der Waals surface area contributed by atoms with Gasteiger partial charge in [-0.15, -0.1) is 0 Å². The number of Topliss-reactive ketones (excluding diaryl/α,β-unsaturated/α-hetero) is 1. The zero-order valence-corrected chi connectivity index (χ0v) is 10.5. The molecule has 96 valence electrons. The predicted octanol–water partition coefficient (Wildman–Crippen LogP) is 1.43. The molecule has 0 unspecified atom stereocenters. The zero-order valence-electron chi connectivity index (χ0n) is 9.76. The summed E-state index contributed by atoms with van der Waals surface area (Å²) in [6.45, 7) is 0.836. The van der Waals surface area contributed by atoms with Crippen LogP contribution in [0.5, 0.6) is 0 Å². The maximum atomic E-state index is 11.9. The molecule has 0 radical (unpaired) electrons. The van der Waals surface area contributed by atoms with Gasteiger partial charge in [-0.05, 0) is 24.3 Å². The Balaban J connectivity index is 2.13. The van der Waals surface area contributed by atoms with Gasteiger partial charge >= 0.3 is 5.91 Å². The fourth-order valence-corrected chi connectivity index (χ4v) is 2.28. The molecule has 6 heteroatoms. The molecule has 0 atom stereocenters. The lowest BCUT2D eigenvalue weighted by atomic mass is 10.1. The number of carbonyl (C=O) groups excluding carboxylic acids is 2. The van der Waals surface area contributed by atoms with Gasteiger partial charge in [-0.3, -0.25) is 19.5 Å². The smallest absolute Gasteiger partial charge is 0.300 e. The Bertz CT molecular complexity index is 646. The van der Waals surface area contributed by atoms with Gasteiger partial charge in [0, 0.05) is 17.1 Å². The molecule has 0 bridgehead atoms. The lowest BCUT2D eigenvalue weighted by Crippen LogP contribution is -2.28. The Hall–Kier alpha value is -2.14. The summed E-state index contributed by atoms with van der Waals surface area (Å²) in [5.41, 5.74) is 0.404. The van der Waals surface area contributed by atoms with Gasteiger partial charge in [0.25, 0.3) is 5.78 Å². The number of rotatable bonds is 1. The summed E-state index contributed by atoms with van der Waals surface area (Å²) < 4.78 is 0. The molecule has 0 aromatic heterocycles. The molecule has 5 nitrogen and oxygen atoms in total. The summed E-state index contributed by atoms with van der Waals surface area (Å²) >= 11 is 5.77. The fourth-order valence-electron chi connectivity index (χ4n) is 2.16. The summed E-state index contributed by atoms with van der Waals surface area (Å²) in [6, 6.07) is 6.37. The van der Waals surface area contributed by atoms with Crippen LogP contribution in [0.4, 0.5) is 0 Å². The minimum Gasteiger partial charge on any atom is -0.506 e. The highest BCUT2D eigenvalue weighted by molar-refractivity contribution is 6.59. The minimum atomic E-state index is -0.717. The highest BCUT2D eigenvalue weighted by Gasteiger charge is 2.44. The maximum absolute atomic E-state index is 11.9. The molecule has 0 saturated carbocycles. The van der Waals surface area contributed by atoms with Gasteiger partial charge in [-0.2, -0.15) is 0 Å². The highest BCUT2D eigenvalue weighted by Crippen LogP contribution is 2.27. The summed E-state index contributed by atoms with van der Waals surface area (Å²) in [5, 5.41) is 10.7. The van der Waals surface area contributed by atoms with Crippen LogP contribution in [0.25, 0.3) is 5.76 Å². The molecular weight excluding hydrogens is 268 g/mol. The zero-order chi connectivity index (χ0) is 13.6. The second kappa shape index (κ2) is 4.20. The normalized spacial score (nSPS) is 20.7. The van der Waals surface area contributed by atoms with E-state index < -0.39 is 11.7 Å². The molecule has 2 aliphatic rings. The van der Waals surface area contributed by atoms with Crippen molar-refractivity contribution in [2.24, 2.45) is 4.99 Å². The van der Waals surface area contributed by atoms with Crippen LogP contribution in [0.3, 0.4) is 0 Å². The molecule has 2 heterocycles. The van der Waals surface area contributed by atoms with Crippen molar-refractivity contribution in [3.05, 3.63) is 40.4 Å². The van der Waals surface area contributed by atoms with Gasteiger partial charge in [-0.1, -0.05) is 11.6 Å². The predicted molar refractivity (Wildman–Crippen MR) is 70.0 cm³/mol. The van der Waals surface area contributed by atoms with Crippen LogP contribution in [0.2, 0.25) is 5.02 Å². The van der Waals surface area contributed by atoms with E-state index in [1.54, 1.807) is 24.3 Å². The number of hydrogen-bond acceptors (Lipinski definition) is 4. The van der Waals surface area contributed by atoms with E-state index in [-0.39, 0.29) is 17.2 Å². The summed E-state index contributed by atoms with van der Waals surface area (Å²) in [6.07, 6.45) is 0. The van der Waals surface area contributed by atoms with E-state index in [1.807, 2.05) is 0 Å². The second-order valence-corrected chi connectivity index (χ2v) is 4.66. The van der Waals surface area contributed by atoms with E-state index in [4.69, 9.17) is 11.6 Å². The van der Waals surface area contributed by atoms with Crippen molar-refractivity contribution in [3.63, 3.8) is 0 Å². The van der Waals surface area contributed by atoms with E-state index in [1.165, 1.54) is 4.90 Å². The van der Waals surface area contributed by atoms with Gasteiger partial charge in [0.1, 0.15) is 17.2 Å². The third-order valence-corrected chi connectivity index (χ3v) is 3.34. The molecule has 1 aromatic rings. The first kappa shape index (κ1) is 11.9. The lowest BCUT2D eigenvalue weighted by Gasteiger charge is -2.06. The average Bonchev–Trinajstić information content (AvgIpc) is 2.95. The molecule has 1 fully saturated rings.